The summed E-state index contributed by atoms with van der Waals surface area (Å²) in [5, 5.41) is 3.39. The summed E-state index contributed by atoms with van der Waals surface area (Å²) >= 11 is 0. The first-order chi connectivity index (χ1) is 7.59. The van der Waals surface area contributed by atoms with E-state index in [0.29, 0.717) is 19.8 Å². The second kappa shape index (κ2) is 4.72. The molecule has 0 atom stereocenters. The van der Waals surface area contributed by atoms with E-state index >= 15 is 0 Å². The van der Waals surface area contributed by atoms with Crippen LogP contribution in [0, 0.1) is 5.92 Å². The molecule has 1 aliphatic heterocycles. The third-order valence-corrected chi connectivity index (χ3v) is 3.66. The Labute approximate surface area is 97.3 Å². The highest BCUT2D eigenvalue weighted by Gasteiger charge is 2.37. The number of amides is 1. The van der Waals surface area contributed by atoms with Crippen LogP contribution >= 0.6 is 0 Å². The van der Waals surface area contributed by atoms with Crippen molar-refractivity contribution in [2.45, 2.75) is 32.2 Å². The topological polar surface area (TPSA) is 41.6 Å². The van der Waals surface area contributed by atoms with Crippen LogP contribution in [-0.4, -0.2) is 49.2 Å². The van der Waals surface area contributed by atoms with Gasteiger partial charge in [0.1, 0.15) is 0 Å². The monoisotopic (exact) mass is 226 g/mol. The van der Waals surface area contributed by atoms with Gasteiger partial charge in [0.05, 0.1) is 19.8 Å². The highest BCUT2D eigenvalue weighted by Crippen LogP contribution is 2.38. The normalized spacial score (nSPS) is 22.2. The van der Waals surface area contributed by atoms with Gasteiger partial charge in [0.15, 0.2) is 0 Å². The fourth-order valence-corrected chi connectivity index (χ4v) is 2.18. The average molecular weight is 226 g/mol. The van der Waals surface area contributed by atoms with E-state index in [-0.39, 0.29) is 11.4 Å². The molecule has 1 saturated carbocycles. The maximum Gasteiger partial charge on any atom is 0.236 e. The minimum Gasteiger partial charge on any atom is -0.378 e. The van der Waals surface area contributed by atoms with Gasteiger partial charge in [0, 0.05) is 18.6 Å². The van der Waals surface area contributed by atoms with Gasteiger partial charge in [-0.1, -0.05) is 0 Å². The number of nitrogens with one attached hydrogen (secondary N) is 1. The van der Waals surface area contributed by atoms with Crippen molar-refractivity contribution in [1.82, 2.24) is 10.2 Å². The van der Waals surface area contributed by atoms with Gasteiger partial charge in [0.25, 0.3) is 0 Å². The second-order valence-corrected chi connectivity index (χ2v) is 5.34. The van der Waals surface area contributed by atoms with Gasteiger partial charge in [-0.3, -0.25) is 4.79 Å². The molecule has 1 saturated heterocycles. The van der Waals surface area contributed by atoms with Crippen LogP contribution in [0.5, 0.6) is 0 Å². The number of ether oxygens (including phenoxy) is 1. The third-order valence-electron chi connectivity index (χ3n) is 3.66. The molecule has 0 radical (unpaired) electrons. The molecule has 2 rings (SSSR count). The van der Waals surface area contributed by atoms with E-state index in [1.807, 2.05) is 4.90 Å². The Morgan fingerprint density at radius 2 is 2.00 bits per heavy atom. The van der Waals surface area contributed by atoms with Crippen LogP contribution in [0.3, 0.4) is 0 Å². The van der Waals surface area contributed by atoms with Crippen molar-refractivity contribution >= 4 is 5.91 Å². The summed E-state index contributed by atoms with van der Waals surface area (Å²) in [6.07, 6.45) is 2.59. The fraction of sp³-hybridized carbons (Fsp3) is 0.917. The molecule has 92 valence electrons. The predicted octanol–water partition coefficient (Wildman–Crippen LogP) is 0.623. The lowest BCUT2D eigenvalue weighted by Gasteiger charge is -2.30. The van der Waals surface area contributed by atoms with Gasteiger partial charge in [0.2, 0.25) is 5.91 Å². The molecule has 4 nitrogen and oxygen atoms in total. The fourth-order valence-electron chi connectivity index (χ4n) is 2.18. The first-order valence-corrected chi connectivity index (χ1v) is 6.20. The molecule has 0 unspecified atom stereocenters. The van der Waals surface area contributed by atoms with Crippen molar-refractivity contribution in [1.29, 1.82) is 0 Å². The molecule has 4 heteroatoms. The van der Waals surface area contributed by atoms with E-state index < -0.39 is 0 Å². The van der Waals surface area contributed by atoms with Crippen LogP contribution in [0.15, 0.2) is 0 Å². The molecular weight excluding hydrogens is 204 g/mol. The number of rotatable bonds is 4. The number of carbonyl (C=O) groups excluding carboxylic acids is 1. The Balaban J connectivity index is 1.74. The van der Waals surface area contributed by atoms with Gasteiger partial charge in [-0.15, -0.1) is 0 Å². The summed E-state index contributed by atoms with van der Waals surface area (Å²) in [6, 6.07) is 0. The van der Waals surface area contributed by atoms with Gasteiger partial charge >= 0.3 is 0 Å². The van der Waals surface area contributed by atoms with Crippen molar-refractivity contribution in [3.8, 4) is 0 Å². The third kappa shape index (κ3) is 2.95. The summed E-state index contributed by atoms with van der Waals surface area (Å²) in [5.41, 5.74) is 0.113. The SMILES string of the molecule is CC(C)(NCC(=O)N1CCOCC1)C1CC1. The van der Waals surface area contributed by atoms with Crippen molar-refractivity contribution in [3.05, 3.63) is 0 Å². The van der Waals surface area contributed by atoms with E-state index in [2.05, 4.69) is 19.2 Å². The maximum absolute atomic E-state index is 11.9. The van der Waals surface area contributed by atoms with Crippen molar-refractivity contribution in [3.63, 3.8) is 0 Å². The number of hydrogen-bond donors (Lipinski definition) is 1. The van der Waals surface area contributed by atoms with E-state index in [0.717, 1.165) is 19.0 Å². The molecule has 16 heavy (non-hydrogen) atoms. The maximum atomic E-state index is 11.9. The van der Waals surface area contributed by atoms with Crippen molar-refractivity contribution < 1.29 is 9.53 Å². The van der Waals surface area contributed by atoms with E-state index in [1.54, 1.807) is 0 Å². The van der Waals surface area contributed by atoms with E-state index in [9.17, 15) is 4.79 Å². The molecule has 1 aliphatic carbocycles. The quantitative estimate of drug-likeness (QED) is 0.764. The molecular formula is C12H22N2O2. The largest absolute Gasteiger partial charge is 0.378 e. The Kier molecular flexibility index (Phi) is 3.50. The van der Waals surface area contributed by atoms with Gasteiger partial charge < -0.3 is 15.0 Å². The van der Waals surface area contributed by atoms with Crippen LogP contribution in [0.4, 0.5) is 0 Å². The van der Waals surface area contributed by atoms with Crippen LogP contribution < -0.4 is 5.32 Å². The van der Waals surface area contributed by atoms with E-state index in [4.69, 9.17) is 4.74 Å². The number of carbonyl (C=O) groups is 1. The number of morpholine rings is 1. The second-order valence-electron chi connectivity index (χ2n) is 5.34. The summed E-state index contributed by atoms with van der Waals surface area (Å²) < 4.78 is 5.23. The average Bonchev–Trinajstić information content (AvgIpc) is 3.11. The van der Waals surface area contributed by atoms with Crippen molar-refractivity contribution in [2.75, 3.05) is 32.8 Å². The number of hydrogen-bond acceptors (Lipinski definition) is 3. The van der Waals surface area contributed by atoms with Gasteiger partial charge in [-0.05, 0) is 32.6 Å². The Morgan fingerprint density at radius 1 is 1.38 bits per heavy atom. The standard InChI is InChI=1S/C12H22N2O2/c1-12(2,10-3-4-10)13-9-11(15)14-5-7-16-8-6-14/h10,13H,3-9H2,1-2H3. The predicted molar refractivity (Wildman–Crippen MR) is 62.2 cm³/mol. The minimum absolute atomic E-state index is 0.113. The first kappa shape index (κ1) is 11.9. The number of nitrogens with zero attached hydrogens (tertiary/aromatic N) is 1. The summed E-state index contributed by atoms with van der Waals surface area (Å²) in [7, 11) is 0. The molecule has 0 spiro atoms. The molecule has 1 N–H and O–H groups in total. The molecule has 0 aromatic carbocycles. The smallest absolute Gasteiger partial charge is 0.236 e. The molecule has 0 aromatic heterocycles. The van der Waals surface area contributed by atoms with E-state index in [1.165, 1.54) is 12.8 Å². The summed E-state index contributed by atoms with van der Waals surface area (Å²) in [5.74, 6) is 0.960. The minimum atomic E-state index is 0.113. The summed E-state index contributed by atoms with van der Waals surface area (Å²) in [4.78, 5) is 13.8. The van der Waals surface area contributed by atoms with Crippen LogP contribution in [-0.2, 0) is 9.53 Å². The summed E-state index contributed by atoms with van der Waals surface area (Å²) in [6.45, 7) is 7.68. The zero-order valence-electron chi connectivity index (χ0n) is 10.3. The van der Waals surface area contributed by atoms with Crippen LogP contribution in [0.25, 0.3) is 0 Å². The van der Waals surface area contributed by atoms with Crippen LogP contribution in [0.1, 0.15) is 26.7 Å². The lowest BCUT2D eigenvalue weighted by Crippen LogP contribution is -2.50. The lowest BCUT2D eigenvalue weighted by molar-refractivity contribution is -0.134. The molecule has 1 heterocycles. The molecule has 2 aliphatic rings. The molecule has 0 aromatic rings. The zero-order chi connectivity index (χ0) is 11.6. The molecule has 1 amide bonds. The zero-order valence-corrected chi connectivity index (χ0v) is 10.3. The Hall–Kier alpha value is -0.610. The molecule has 2 fully saturated rings. The molecule has 0 bridgehead atoms. The van der Waals surface area contributed by atoms with Gasteiger partial charge in [-0.25, -0.2) is 0 Å². The van der Waals surface area contributed by atoms with Crippen molar-refractivity contribution in [2.24, 2.45) is 5.92 Å². The van der Waals surface area contributed by atoms with Crippen LogP contribution in [0.2, 0.25) is 0 Å². The lowest BCUT2D eigenvalue weighted by atomic mass is 9.99. The van der Waals surface area contributed by atoms with Gasteiger partial charge in [-0.2, -0.15) is 0 Å². The highest BCUT2D eigenvalue weighted by atomic mass is 16.5. The Morgan fingerprint density at radius 3 is 2.56 bits per heavy atom. The highest BCUT2D eigenvalue weighted by molar-refractivity contribution is 5.78. The first-order valence-electron chi connectivity index (χ1n) is 6.20. The Bertz CT molecular complexity index is 256.